The van der Waals surface area contributed by atoms with Crippen LogP contribution in [0.2, 0.25) is 35.2 Å². The van der Waals surface area contributed by atoms with Crippen molar-refractivity contribution in [3.05, 3.63) is 136 Å². The quantitative estimate of drug-likeness (QED) is 0.197. The molecule has 0 atom stereocenters. The summed E-state index contributed by atoms with van der Waals surface area (Å²) in [5.41, 5.74) is 4.78. The number of hydrogen-bond acceptors (Lipinski definition) is 0. The monoisotopic (exact) mass is 718 g/mol. The molecule has 0 aliphatic rings. The first-order valence-electron chi connectivity index (χ1n) is 14.1. The van der Waals surface area contributed by atoms with Gasteiger partial charge in [-0.05, 0) is 94.5 Å². The second kappa shape index (κ2) is 20.1. The fourth-order valence-electron chi connectivity index (χ4n) is 3.76. The Balaban J connectivity index is 0.000000287. The minimum atomic E-state index is 0.458. The summed E-state index contributed by atoms with van der Waals surface area (Å²) in [7, 11) is 0. The average molecular weight is 722 g/mol. The van der Waals surface area contributed by atoms with Gasteiger partial charge in [0.2, 0.25) is 0 Å². The zero-order chi connectivity index (χ0) is 32.9. The molecule has 4 aromatic carbocycles. The Bertz CT molecular complexity index is 1260. The van der Waals surface area contributed by atoms with E-state index in [1.54, 1.807) is 18.2 Å². The molecule has 0 bridgehead atoms. The topological polar surface area (TPSA) is 0 Å². The van der Waals surface area contributed by atoms with E-state index >= 15 is 0 Å². The van der Waals surface area contributed by atoms with Crippen LogP contribution in [0.25, 0.3) is 0 Å². The molecule has 0 radical (unpaired) electrons. The van der Waals surface area contributed by atoms with Gasteiger partial charge in [0.05, 0.1) is 0 Å². The van der Waals surface area contributed by atoms with Gasteiger partial charge in [-0.3, -0.25) is 0 Å². The predicted molar refractivity (Wildman–Crippen MR) is 197 cm³/mol. The largest absolute Gasteiger partial charge is 0.0843 e. The molecule has 0 aromatic heterocycles. The molecule has 0 saturated heterocycles. The van der Waals surface area contributed by atoms with Crippen LogP contribution in [0.1, 0.15) is 101 Å². The van der Waals surface area contributed by atoms with Crippen LogP contribution in [0.15, 0.2) is 78.9 Å². The van der Waals surface area contributed by atoms with Gasteiger partial charge in [-0.25, -0.2) is 0 Å². The number of benzene rings is 4. The van der Waals surface area contributed by atoms with E-state index in [1.165, 1.54) is 5.56 Å². The Labute approximate surface area is 294 Å². The molecule has 43 heavy (non-hydrogen) atoms. The lowest BCUT2D eigenvalue weighted by Gasteiger charge is -2.06. The summed E-state index contributed by atoms with van der Waals surface area (Å²) in [4.78, 5) is 0. The second-order valence-corrected chi connectivity index (χ2v) is 14.1. The molecule has 0 nitrogen and oxygen atoms in total. The van der Waals surface area contributed by atoms with Gasteiger partial charge in [0.15, 0.2) is 0 Å². The van der Waals surface area contributed by atoms with Crippen LogP contribution in [0, 0.1) is 0 Å². The van der Waals surface area contributed by atoms with Crippen molar-refractivity contribution >= 4 is 81.2 Å². The minimum absolute atomic E-state index is 0.458. The summed E-state index contributed by atoms with van der Waals surface area (Å²) in [5.74, 6) is 1.97. The van der Waals surface area contributed by atoms with Crippen molar-refractivity contribution in [1.82, 2.24) is 0 Å². The molecule has 0 saturated carbocycles. The van der Waals surface area contributed by atoms with Crippen molar-refractivity contribution in [1.29, 1.82) is 0 Å². The van der Waals surface area contributed by atoms with Crippen LogP contribution >= 0.6 is 81.2 Å². The van der Waals surface area contributed by atoms with Crippen LogP contribution in [0.3, 0.4) is 0 Å². The zero-order valence-corrected chi connectivity index (χ0v) is 31.3. The van der Waals surface area contributed by atoms with Gasteiger partial charge in [0.25, 0.3) is 0 Å². The first kappa shape index (κ1) is 39.9. The highest BCUT2D eigenvalue weighted by Gasteiger charge is 2.06. The fraction of sp³-hybridized carbons (Fsp3) is 0.333. The Morgan fingerprint density at radius 2 is 0.581 bits per heavy atom. The molecule has 0 heterocycles. The highest BCUT2D eigenvalue weighted by Crippen LogP contribution is 2.28. The van der Waals surface area contributed by atoms with Crippen LogP contribution in [0.5, 0.6) is 0 Å². The molecule has 0 N–H and O–H groups in total. The van der Waals surface area contributed by atoms with E-state index in [0.717, 1.165) is 36.8 Å². The van der Waals surface area contributed by atoms with Crippen LogP contribution < -0.4 is 0 Å². The second-order valence-electron chi connectivity index (χ2n) is 11.2. The lowest BCUT2D eigenvalue weighted by molar-refractivity contribution is 0.867. The van der Waals surface area contributed by atoms with Crippen molar-refractivity contribution in [2.45, 2.75) is 79.1 Å². The molecular weight excluding hydrogens is 681 g/mol. The highest BCUT2D eigenvalue weighted by atomic mass is 35.5. The Kier molecular flexibility index (Phi) is 18.7. The van der Waals surface area contributed by atoms with Gasteiger partial charge in [-0.15, -0.1) is 0 Å². The first-order valence-corrected chi connectivity index (χ1v) is 16.8. The van der Waals surface area contributed by atoms with E-state index in [2.05, 4.69) is 67.5 Å². The van der Waals surface area contributed by atoms with E-state index in [4.69, 9.17) is 81.2 Å². The molecule has 0 amide bonds. The van der Waals surface area contributed by atoms with Crippen molar-refractivity contribution in [2.75, 3.05) is 0 Å². The standard InChI is InChI=1S/3C9H10Cl2.C9H11Cl/c3*1-6(2)8-4-3-7(10)5-9(8)11;1-7(2)8-3-5-9(10)6-4-8/h3*3-6H,1-2H3;3-7H,1-2H3. The third-order valence-electron chi connectivity index (χ3n) is 6.29. The SMILES string of the molecule is CC(C)c1ccc(Cl)cc1.CC(C)c1ccc(Cl)cc1Cl.CC(C)c1ccc(Cl)cc1Cl.CC(C)c1ccc(Cl)cc1Cl. The fourth-order valence-corrected chi connectivity index (χ4v) is 5.76. The van der Waals surface area contributed by atoms with Gasteiger partial charge in [-0.1, -0.05) is 167 Å². The van der Waals surface area contributed by atoms with Crippen LogP contribution in [0.4, 0.5) is 0 Å². The molecule has 0 aliphatic carbocycles. The van der Waals surface area contributed by atoms with E-state index in [1.807, 2.05) is 48.5 Å². The van der Waals surface area contributed by atoms with Crippen LogP contribution in [-0.4, -0.2) is 0 Å². The van der Waals surface area contributed by atoms with Gasteiger partial charge in [0.1, 0.15) is 0 Å². The van der Waals surface area contributed by atoms with E-state index < -0.39 is 0 Å². The van der Waals surface area contributed by atoms with Gasteiger partial charge < -0.3 is 0 Å². The summed E-state index contributed by atoms with van der Waals surface area (Å²) in [6, 6.07) is 24.8. The van der Waals surface area contributed by atoms with Gasteiger partial charge in [-0.2, -0.15) is 0 Å². The molecule has 4 rings (SSSR count). The Morgan fingerprint density at radius 3 is 0.791 bits per heavy atom. The molecule has 7 heteroatoms. The molecule has 0 spiro atoms. The number of halogens is 7. The number of rotatable bonds is 4. The molecule has 0 aliphatic heterocycles. The molecule has 0 unspecified atom stereocenters. The molecular formula is C36H41Cl7. The van der Waals surface area contributed by atoms with Gasteiger partial charge >= 0.3 is 0 Å². The van der Waals surface area contributed by atoms with E-state index in [0.29, 0.717) is 38.7 Å². The molecule has 234 valence electrons. The van der Waals surface area contributed by atoms with E-state index in [-0.39, 0.29) is 0 Å². The van der Waals surface area contributed by atoms with E-state index in [9.17, 15) is 0 Å². The maximum Gasteiger partial charge on any atom is 0.0455 e. The minimum Gasteiger partial charge on any atom is -0.0843 e. The molecule has 4 aromatic rings. The molecule has 0 fully saturated rings. The van der Waals surface area contributed by atoms with Crippen LogP contribution in [-0.2, 0) is 0 Å². The third kappa shape index (κ3) is 15.2. The summed E-state index contributed by atoms with van der Waals surface area (Å²) in [6.07, 6.45) is 0. The van der Waals surface area contributed by atoms with Crippen molar-refractivity contribution < 1.29 is 0 Å². The number of hydrogen-bond donors (Lipinski definition) is 0. The Hall–Kier alpha value is -1.09. The Morgan fingerprint density at radius 1 is 0.326 bits per heavy atom. The lowest BCUT2D eigenvalue weighted by Crippen LogP contribution is -1.87. The smallest absolute Gasteiger partial charge is 0.0455 e. The third-order valence-corrected chi connectivity index (χ3v) is 8.23. The lowest BCUT2D eigenvalue weighted by atomic mass is 10.0. The maximum atomic E-state index is 5.94. The summed E-state index contributed by atoms with van der Waals surface area (Å²) >= 11 is 40.7. The summed E-state index contributed by atoms with van der Waals surface area (Å²) in [5, 5.41) is 5.16. The maximum absolute atomic E-state index is 5.94. The average Bonchev–Trinajstić information content (AvgIpc) is 2.89. The predicted octanol–water partition coefficient (Wildman–Crippen LogP) is 15.8. The zero-order valence-electron chi connectivity index (χ0n) is 26.0. The normalized spacial score (nSPS) is 10.6. The highest BCUT2D eigenvalue weighted by molar-refractivity contribution is 6.36. The van der Waals surface area contributed by atoms with Crippen molar-refractivity contribution in [2.24, 2.45) is 0 Å². The van der Waals surface area contributed by atoms with Crippen molar-refractivity contribution in [3.8, 4) is 0 Å². The summed E-state index contributed by atoms with van der Waals surface area (Å²) < 4.78 is 0. The first-order chi connectivity index (χ1) is 20.0. The summed E-state index contributed by atoms with van der Waals surface area (Å²) in [6.45, 7) is 17.0. The van der Waals surface area contributed by atoms with Crippen molar-refractivity contribution in [3.63, 3.8) is 0 Å². The van der Waals surface area contributed by atoms with Gasteiger partial charge in [0, 0.05) is 35.2 Å².